The van der Waals surface area contributed by atoms with E-state index in [0.717, 1.165) is 29.2 Å². The maximum atomic E-state index is 4.58. The van der Waals surface area contributed by atoms with Crippen molar-refractivity contribution < 1.29 is 0 Å². The van der Waals surface area contributed by atoms with Crippen LogP contribution in [0.25, 0.3) is 11.4 Å². The number of hydrogen-bond donors (Lipinski definition) is 0. The summed E-state index contributed by atoms with van der Waals surface area (Å²) in [6.07, 6.45) is 4.47. The topological polar surface area (TPSA) is 17.8 Å². The van der Waals surface area contributed by atoms with Gasteiger partial charge in [-0.2, -0.15) is 0 Å². The molecule has 88 valence electrons. The fourth-order valence-corrected chi connectivity index (χ4v) is 2.71. The molecule has 0 bridgehead atoms. The molecule has 0 N–H and O–H groups in total. The Kier molecular flexibility index (Phi) is 2.79. The van der Waals surface area contributed by atoms with Crippen LogP contribution in [0.15, 0.2) is 34.9 Å². The molecule has 0 saturated heterocycles. The Balaban J connectivity index is 2.04. The van der Waals surface area contributed by atoms with Crippen LogP contribution in [-0.4, -0.2) is 9.55 Å². The third-order valence-corrected chi connectivity index (χ3v) is 3.96. The molecule has 1 aliphatic rings. The van der Waals surface area contributed by atoms with E-state index in [1.807, 2.05) is 6.20 Å². The molecule has 3 rings (SSSR count). The maximum Gasteiger partial charge on any atom is 0.140 e. The molecule has 1 atom stereocenters. The average Bonchev–Trinajstić information content (AvgIpc) is 2.73. The summed E-state index contributed by atoms with van der Waals surface area (Å²) in [6.45, 7) is 3.41. The van der Waals surface area contributed by atoms with Crippen molar-refractivity contribution >= 4 is 15.9 Å². The first kappa shape index (κ1) is 11.0. The fourth-order valence-electron chi connectivity index (χ4n) is 2.44. The van der Waals surface area contributed by atoms with Gasteiger partial charge >= 0.3 is 0 Å². The smallest absolute Gasteiger partial charge is 0.140 e. The number of benzene rings is 1. The molecule has 0 saturated carbocycles. The Bertz CT molecular complexity index is 528. The number of nitrogens with zero attached hydrogens (tertiary/aromatic N) is 2. The summed E-state index contributed by atoms with van der Waals surface area (Å²) in [5, 5.41) is 0. The monoisotopic (exact) mass is 290 g/mol. The van der Waals surface area contributed by atoms with Crippen LogP contribution >= 0.6 is 15.9 Å². The molecule has 0 amide bonds. The molecule has 2 heterocycles. The minimum atomic E-state index is 0.755. The summed E-state index contributed by atoms with van der Waals surface area (Å²) in [5.41, 5.74) is 2.58. The molecule has 1 aliphatic heterocycles. The van der Waals surface area contributed by atoms with Crippen LogP contribution in [0.2, 0.25) is 0 Å². The predicted molar refractivity (Wildman–Crippen MR) is 72.8 cm³/mol. The Morgan fingerprint density at radius 3 is 2.82 bits per heavy atom. The molecule has 1 aromatic carbocycles. The lowest BCUT2D eigenvalue weighted by Gasteiger charge is -2.22. The van der Waals surface area contributed by atoms with Crippen molar-refractivity contribution in [1.82, 2.24) is 9.55 Å². The van der Waals surface area contributed by atoms with Crippen molar-refractivity contribution in [3.8, 4) is 11.4 Å². The molecule has 0 radical (unpaired) electrons. The predicted octanol–water partition coefficient (Wildman–Crippen LogP) is 3.89. The highest BCUT2D eigenvalue weighted by Gasteiger charge is 2.19. The second-order valence-corrected chi connectivity index (χ2v) is 5.75. The maximum absolute atomic E-state index is 4.58. The Morgan fingerprint density at radius 2 is 2.06 bits per heavy atom. The van der Waals surface area contributed by atoms with Crippen LogP contribution in [0.4, 0.5) is 0 Å². The van der Waals surface area contributed by atoms with Gasteiger partial charge in [0, 0.05) is 28.5 Å². The van der Waals surface area contributed by atoms with E-state index in [2.05, 4.69) is 56.7 Å². The van der Waals surface area contributed by atoms with Crippen molar-refractivity contribution in [3.05, 3.63) is 40.6 Å². The highest BCUT2D eigenvalue weighted by atomic mass is 79.9. The average molecular weight is 291 g/mol. The third-order valence-electron chi connectivity index (χ3n) is 3.43. The van der Waals surface area contributed by atoms with Crippen molar-refractivity contribution in [2.24, 2.45) is 5.92 Å². The summed E-state index contributed by atoms with van der Waals surface area (Å²) in [4.78, 5) is 4.58. The first-order valence-electron chi connectivity index (χ1n) is 6.04. The molecule has 0 aliphatic carbocycles. The van der Waals surface area contributed by atoms with Crippen LogP contribution < -0.4 is 0 Å². The van der Waals surface area contributed by atoms with Gasteiger partial charge in [-0.3, -0.25) is 0 Å². The van der Waals surface area contributed by atoms with Gasteiger partial charge in [-0.1, -0.05) is 35.0 Å². The summed E-state index contributed by atoms with van der Waals surface area (Å²) >= 11 is 3.47. The lowest BCUT2D eigenvalue weighted by Crippen LogP contribution is -2.18. The third kappa shape index (κ3) is 2.04. The largest absolute Gasteiger partial charge is 0.328 e. The van der Waals surface area contributed by atoms with Gasteiger partial charge in [0.25, 0.3) is 0 Å². The quantitative estimate of drug-likeness (QED) is 0.779. The minimum absolute atomic E-state index is 0.755. The van der Waals surface area contributed by atoms with Gasteiger partial charge in [-0.15, -0.1) is 0 Å². The van der Waals surface area contributed by atoms with E-state index in [9.17, 15) is 0 Å². The molecule has 17 heavy (non-hydrogen) atoms. The van der Waals surface area contributed by atoms with Crippen LogP contribution in [0.3, 0.4) is 0 Å². The summed E-state index contributed by atoms with van der Waals surface area (Å²) in [7, 11) is 0. The van der Waals surface area contributed by atoms with Crippen LogP contribution in [0.5, 0.6) is 0 Å². The van der Waals surface area contributed by atoms with Gasteiger partial charge in [0.1, 0.15) is 5.82 Å². The minimum Gasteiger partial charge on any atom is -0.328 e. The van der Waals surface area contributed by atoms with Gasteiger partial charge in [0.05, 0.1) is 0 Å². The van der Waals surface area contributed by atoms with Crippen molar-refractivity contribution in [2.45, 2.75) is 26.3 Å². The van der Waals surface area contributed by atoms with Crippen LogP contribution in [-0.2, 0) is 13.0 Å². The number of aromatic nitrogens is 2. The van der Waals surface area contributed by atoms with Crippen molar-refractivity contribution in [2.75, 3.05) is 0 Å². The number of hydrogen-bond acceptors (Lipinski definition) is 1. The van der Waals surface area contributed by atoms with Crippen molar-refractivity contribution in [3.63, 3.8) is 0 Å². The Hall–Kier alpha value is -1.09. The van der Waals surface area contributed by atoms with E-state index >= 15 is 0 Å². The normalized spacial score (nSPS) is 19.1. The van der Waals surface area contributed by atoms with E-state index in [-0.39, 0.29) is 0 Å². The molecule has 2 nitrogen and oxygen atoms in total. The van der Waals surface area contributed by atoms with E-state index in [0.29, 0.717) is 0 Å². The van der Waals surface area contributed by atoms with Gasteiger partial charge in [-0.05, 0) is 30.9 Å². The summed E-state index contributed by atoms with van der Waals surface area (Å²) < 4.78 is 3.48. The van der Waals surface area contributed by atoms with Crippen molar-refractivity contribution in [1.29, 1.82) is 0 Å². The molecule has 1 aromatic heterocycles. The molecule has 0 fully saturated rings. The highest BCUT2D eigenvalue weighted by molar-refractivity contribution is 9.10. The molecular formula is C14H15BrN2. The van der Waals surface area contributed by atoms with Gasteiger partial charge in [0.15, 0.2) is 0 Å². The Labute approximate surface area is 110 Å². The van der Waals surface area contributed by atoms with E-state index in [4.69, 9.17) is 0 Å². The zero-order valence-corrected chi connectivity index (χ0v) is 11.4. The molecule has 2 aromatic rings. The second kappa shape index (κ2) is 4.30. The Morgan fingerprint density at radius 1 is 1.29 bits per heavy atom. The first-order chi connectivity index (χ1) is 8.24. The van der Waals surface area contributed by atoms with E-state index in [1.165, 1.54) is 17.7 Å². The first-order valence-corrected chi connectivity index (χ1v) is 6.83. The summed E-state index contributed by atoms with van der Waals surface area (Å²) in [5.74, 6) is 1.87. The number of aryl methyl sites for hydroxylation is 1. The van der Waals surface area contributed by atoms with Crippen LogP contribution in [0.1, 0.15) is 19.0 Å². The molecule has 0 spiro atoms. The van der Waals surface area contributed by atoms with Gasteiger partial charge < -0.3 is 4.57 Å². The standard InChI is InChI=1S/C14H15BrN2/c1-10-2-7-13-8-16-14(17(13)9-10)11-3-5-12(15)6-4-11/h3-6,8,10H,2,7,9H2,1H3. The zero-order chi connectivity index (χ0) is 11.8. The number of halogens is 1. The zero-order valence-electron chi connectivity index (χ0n) is 9.86. The van der Waals surface area contributed by atoms with Gasteiger partial charge in [0.2, 0.25) is 0 Å². The SMILES string of the molecule is CC1CCc2cnc(-c3ccc(Br)cc3)n2C1. The molecular weight excluding hydrogens is 276 g/mol. The lowest BCUT2D eigenvalue weighted by atomic mass is 10.00. The second-order valence-electron chi connectivity index (χ2n) is 4.83. The fraction of sp³-hybridized carbons (Fsp3) is 0.357. The number of imidazole rings is 1. The van der Waals surface area contributed by atoms with E-state index in [1.54, 1.807) is 0 Å². The number of rotatable bonds is 1. The lowest BCUT2D eigenvalue weighted by molar-refractivity contribution is 0.402. The molecule has 3 heteroatoms. The summed E-state index contributed by atoms with van der Waals surface area (Å²) in [6, 6.07) is 8.39. The van der Waals surface area contributed by atoms with Crippen LogP contribution in [0, 0.1) is 5.92 Å². The highest BCUT2D eigenvalue weighted by Crippen LogP contribution is 2.27. The number of fused-ring (bicyclic) bond motifs is 1. The molecule has 1 unspecified atom stereocenters. The van der Waals surface area contributed by atoms with Gasteiger partial charge in [-0.25, -0.2) is 4.98 Å². The van der Waals surface area contributed by atoms with E-state index < -0.39 is 0 Å².